The first-order chi connectivity index (χ1) is 10.2. The molecule has 0 unspecified atom stereocenters. The molecule has 0 amide bonds. The maximum absolute atomic E-state index is 14.3. The summed E-state index contributed by atoms with van der Waals surface area (Å²) >= 11 is 3.47. The highest BCUT2D eigenvalue weighted by molar-refractivity contribution is 9.10. The van der Waals surface area contributed by atoms with Gasteiger partial charge in [-0.2, -0.15) is 0 Å². The Balaban J connectivity index is 2.17. The van der Waals surface area contributed by atoms with Crippen LogP contribution in [0.15, 0.2) is 16.6 Å². The summed E-state index contributed by atoms with van der Waals surface area (Å²) in [5.74, 6) is -0.435. The van der Waals surface area contributed by atoms with E-state index >= 15 is 0 Å². The molecule has 1 aromatic rings. The topological polar surface area (TPSA) is 43.7 Å². The molecule has 0 saturated carbocycles. The number of hydrogen-bond donors (Lipinski definition) is 2. The molecule has 122 valence electrons. The number of fused-ring (bicyclic) bond motifs is 1. The van der Waals surface area contributed by atoms with Gasteiger partial charge < -0.3 is 15.1 Å². The minimum absolute atomic E-state index is 0.00713. The van der Waals surface area contributed by atoms with Gasteiger partial charge in [-0.1, -0.05) is 29.8 Å². The summed E-state index contributed by atoms with van der Waals surface area (Å²) in [7, 11) is 2.07. The van der Waals surface area contributed by atoms with Gasteiger partial charge in [0.15, 0.2) is 0 Å². The van der Waals surface area contributed by atoms with Crippen LogP contribution in [0.2, 0.25) is 0 Å². The lowest BCUT2D eigenvalue weighted by atomic mass is 9.65. The van der Waals surface area contributed by atoms with Crippen LogP contribution in [0.3, 0.4) is 0 Å². The van der Waals surface area contributed by atoms with Crippen LogP contribution in [-0.4, -0.2) is 35.3 Å². The normalized spacial score (nSPS) is 32.2. The molecule has 1 aliphatic heterocycles. The third-order valence-electron chi connectivity index (χ3n) is 5.77. The molecule has 5 heteroatoms. The van der Waals surface area contributed by atoms with Crippen LogP contribution in [0.4, 0.5) is 4.39 Å². The quantitative estimate of drug-likeness (QED) is 0.796. The van der Waals surface area contributed by atoms with E-state index in [1.165, 1.54) is 6.07 Å². The molecule has 1 saturated heterocycles. The van der Waals surface area contributed by atoms with E-state index in [-0.39, 0.29) is 11.5 Å². The largest absolute Gasteiger partial charge is 0.388 e. The minimum atomic E-state index is -1.23. The molecule has 1 fully saturated rings. The van der Waals surface area contributed by atoms with Gasteiger partial charge in [0.1, 0.15) is 11.4 Å². The van der Waals surface area contributed by atoms with Crippen LogP contribution in [0, 0.1) is 17.2 Å². The fourth-order valence-electron chi connectivity index (χ4n) is 4.27. The molecule has 0 bridgehead atoms. The van der Waals surface area contributed by atoms with Crippen LogP contribution in [0.1, 0.15) is 43.9 Å². The average Bonchev–Trinajstić information content (AvgIpc) is 2.63. The van der Waals surface area contributed by atoms with Gasteiger partial charge in [-0.05, 0) is 51.0 Å². The van der Waals surface area contributed by atoms with Gasteiger partial charge >= 0.3 is 0 Å². The van der Waals surface area contributed by atoms with E-state index < -0.39 is 22.9 Å². The summed E-state index contributed by atoms with van der Waals surface area (Å²) in [5, 5.41) is 22.4. The predicted molar refractivity (Wildman–Crippen MR) is 87.0 cm³/mol. The molecule has 2 aliphatic rings. The van der Waals surface area contributed by atoms with E-state index in [1.54, 1.807) is 6.07 Å². The highest BCUT2D eigenvalue weighted by Crippen LogP contribution is 2.62. The number of aliphatic hydroxyl groups excluding tert-OH is 1. The van der Waals surface area contributed by atoms with Crippen molar-refractivity contribution in [1.82, 2.24) is 4.90 Å². The highest BCUT2D eigenvalue weighted by atomic mass is 79.9. The number of aliphatic hydroxyl groups is 2. The summed E-state index contributed by atoms with van der Waals surface area (Å²) in [4.78, 5) is 2.24. The minimum Gasteiger partial charge on any atom is -0.388 e. The number of likely N-dealkylation sites (tertiary alicyclic amines) is 1. The van der Waals surface area contributed by atoms with Gasteiger partial charge in [-0.3, -0.25) is 0 Å². The molecular weight excluding hydrogens is 349 g/mol. The van der Waals surface area contributed by atoms with Crippen molar-refractivity contribution in [2.75, 3.05) is 20.1 Å². The number of hydrogen-bond acceptors (Lipinski definition) is 3. The number of piperidine rings is 1. The molecule has 2 atom stereocenters. The molecule has 3 nitrogen and oxygen atoms in total. The summed E-state index contributed by atoms with van der Waals surface area (Å²) in [5.41, 5.74) is -1.27. The van der Waals surface area contributed by atoms with Crippen molar-refractivity contribution < 1.29 is 14.6 Å². The lowest BCUT2D eigenvalue weighted by Gasteiger charge is -2.47. The third-order valence-corrected chi connectivity index (χ3v) is 6.43. The van der Waals surface area contributed by atoms with E-state index in [9.17, 15) is 14.6 Å². The van der Waals surface area contributed by atoms with Crippen molar-refractivity contribution in [2.24, 2.45) is 11.3 Å². The molecule has 1 aromatic carbocycles. The van der Waals surface area contributed by atoms with Crippen LogP contribution >= 0.6 is 15.9 Å². The predicted octanol–water partition coefficient (Wildman–Crippen LogP) is 3.19. The molecule has 1 aliphatic carbocycles. The van der Waals surface area contributed by atoms with Crippen molar-refractivity contribution in [1.29, 1.82) is 0 Å². The summed E-state index contributed by atoms with van der Waals surface area (Å²) in [6, 6.07) is 2.98. The molecule has 3 rings (SSSR count). The molecule has 0 aromatic heterocycles. The molecule has 0 radical (unpaired) electrons. The molecule has 1 heterocycles. The second kappa shape index (κ2) is 5.26. The van der Waals surface area contributed by atoms with E-state index in [0.717, 1.165) is 25.9 Å². The van der Waals surface area contributed by atoms with Crippen molar-refractivity contribution in [3.05, 3.63) is 33.5 Å². The number of benzene rings is 1. The van der Waals surface area contributed by atoms with Crippen LogP contribution in [0.25, 0.3) is 0 Å². The first-order valence-electron chi connectivity index (χ1n) is 7.78. The maximum Gasteiger partial charge on any atom is 0.129 e. The molecule has 22 heavy (non-hydrogen) atoms. The Hall–Kier alpha value is -0.490. The Labute approximate surface area is 139 Å². The third kappa shape index (κ3) is 2.02. The summed E-state index contributed by atoms with van der Waals surface area (Å²) in [6.45, 7) is 5.48. The zero-order chi connectivity index (χ0) is 16.3. The summed E-state index contributed by atoms with van der Waals surface area (Å²) < 4.78 is 15.0. The Morgan fingerprint density at radius 1 is 1.27 bits per heavy atom. The Kier molecular flexibility index (Phi) is 3.92. The van der Waals surface area contributed by atoms with Gasteiger partial charge in [0.2, 0.25) is 0 Å². The van der Waals surface area contributed by atoms with Gasteiger partial charge in [-0.25, -0.2) is 4.39 Å². The van der Waals surface area contributed by atoms with Crippen molar-refractivity contribution in [3.8, 4) is 0 Å². The van der Waals surface area contributed by atoms with E-state index in [2.05, 4.69) is 27.9 Å². The lowest BCUT2D eigenvalue weighted by Crippen LogP contribution is -2.50. The first kappa shape index (κ1) is 16.4. The molecule has 2 N–H and O–H groups in total. The van der Waals surface area contributed by atoms with Gasteiger partial charge in [-0.15, -0.1) is 0 Å². The Morgan fingerprint density at radius 2 is 1.86 bits per heavy atom. The molecule has 0 spiro atoms. The average molecular weight is 372 g/mol. The van der Waals surface area contributed by atoms with Crippen LogP contribution in [-0.2, 0) is 5.60 Å². The smallest absolute Gasteiger partial charge is 0.129 e. The van der Waals surface area contributed by atoms with Gasteiger partial charge in [0, 0.05) is 21.0 Å². The van der Waals surface area contributed by atoms with Gasteiger partial charge in [0.05, 0.1) is 6.10 Å². The fourth-order valence-corrected chi connectivity index (χ4v) is 4.92. The second-order valence-electron chi connectivity index (χ2n) is 7.29. The standard InChI is InChI=1S/C17H23BrFNO2/c1-16(2)15(21)13-12(19)5-4-11(18)14(13)17(16,22)10-6-8-20(3)9-7-10/h4-5,10,15,21-22H,6-9H2,1-3H3/t15-,17-/m0/s1. The SMILES string of the molecule is CN1CCC([C@]2(O)c3c(Br)ccc(F)c3[C@H](O)C2(C)C)CC1. The fraction of sp³-hybridized carbons (Fsp3) is 0.647. The number of halogens is 2. The zero-order valence-electron chi connectivity index (χ0n) is 13.2. The highest BCUT2D eigenvalue weighted by Gasteiger charge is 2.61. The second-order valence-corrected chi connectivity index (χ2v) is 8.14. The van der Waals surface area contributed by atoms with Crippen molar-refractivity contribution in [3.63, 3.8) is 0 Å². The van der Waals surface area contributed by atoms with Crippen molar-refractivity contribution in [2.45, 2.75) is 38.4 Å². The van der Waals surface area contributed by atoms with Gasteiger partial charge in [0.25, 0.3) is 0 Å². The van der Waals surface area contributed by atoms with E-state index in [0.29, 0.717) is 10.0 Å². The number of rotatable bonds is 1. The Morgan fingerprint density at radius 3 is 2.45 bits per heavy atom. The lowest BCUT2D eigenvalue weighted by molar-refractivity contribution is -0.158. The molecular formula is C17H23BrFNO2. The van der Waals surface area contributed by atoms with E-state index in [4.69, 9.17) is 0 Å². The first-order valence-corrected chi connectivity index (χ1v) is 8.58. The monoisotopic (exact) mass is 371 g/mol. The maximum atomic E-state index is 14.3. The van der Waals surface area contributed by atoms with E-state index in [1.807, 2.05) is 13.8 Å². The van der Waals surface area contributed by atoms with Crippen molar-refractivity contribution >= 4 is 15.9 Å². The summed E-state index contributed by atoms with van der Waals surface area (Å²) in [6.07, 6.45) is 0.668. The zero-order valence-corrected chi connectivity index (χ0v) is 14.8. The Bertz CT molecular complexity index is 599. The number of nitrogens with zero attached hydrogens (tertiary/aromatic N) is 1. The van der Waals surface area contributed by atoms with Crippen LogP contribution < -0.4 is 0 Å². The van der Waals surface area contributed by atoms with Crippen LogP contribution in [0.5, 0.6) is 0 Å².